The Kier molecular flexibility index (Phi) is 8.15. The number of nitrogens with zero attached hydrogens (tertiary/aromatic N) is 2. The molecule has 2 unspecified atom stereocenters. The van der Waals surface area contributed by atoms with Crippen molar-refractivity contribution >= 4 is 29.1 Å². The summed E-state index contributed by atoms with van der Waals surface area (Å²) < 4.78 is 0. The molecule has 2 atom stereocenters. The Balaban J connectivity index is 1.57. The molecule has 0 bridgehead atoms. The average molecular weight is 446 g/mol. The maximum atomic E-state index is 13.4. The van der Waals surface area contributed by atoms with Gasteiger partial charge < -0.3 is 10.6 Å². The molecule has 2 N–H and O–H groups in total. The lowest BCUT2D eigenvalue weighted by Crippen LogP contribution is -2.37. The summed E-state index contributed by atoms with van der Waals surface area (Å²) in [6.07, 6.45) is 8.32. The van der Waals surface area contributed by atoms with Crippen molar-refractivity contribution in [2.75, 3.05) is 13.1 Å². The number of benzene rings is 1. The van der Waals surface area contributed by atoms with Crippen molar-refractivity contribution in [1.82, 2.24) is 4.90 Å². The van der Waals surface area contributed by atoms with E-state index in [4.69, 9.17) is 22.3 Å². The number of aliphatic imine (C=N–C) groups is 1. The monoisotopic (exact) mass is 445 g/mol. The Bertz CT molecular complexity index is 815. The Morgan fingerprint density at radius 2 is 1.94 bits per heavy atom. The van der Waals surface area contributed by atoms with E-state index in [1.54, 1.807) is 18.2 Å². The molecule has 170 valence electrons. The Morgan fingerprint density at radius 3 is 2.58 bits per heavy atom. The molecule has 0 aliphatic carbocycles. The summed E-state index contributed by atoms with van der Waals surface area (Å²) in [7, 11) is 0. The molecular weight excluding hydrogens is 410 g/mol. The molecule has 2 aliphatic rings. The number of ketones is 1. The van der Waals surface area contributed by atoms with Crippen molar-refractivity contribution in [3.05, 3.63) is 34.9 Å². The van der Waals surface area contributed by atoms with Crippen LogP contribution in [0.15, 0.2) is 29.3 Å². The van der Waals surface area contributed by atoms with Crippen LogP contribution in [-0.4, -0.2) is 41.1 Å². The minimum atomic E-state index is -0.592. The van der Waals surface area contributed by atoms with Crippen LogP contribution < -0.4 is 5.73 Å². The van der Waals surface area contributed by atoms with Crippen LogP contribution in [-0.2, 0) is 4.79 Å². The molecule has 0 aromatic heterocycles. The minimum absolute atomic E-state index is 0.0289. The number of carbonyl (C=O) groups is 2. The molecule has 0 saturated carbocycles. The highest BCUT2D eigenvalue weighted by atomic mass is 35.5. The van der Waals surface area contributed by atoms with Crippen molar-refractivity contribution in [2.24, 2.45) is 22.6 Å². The van der Waals surface area contributed by atoms with Gasteiger partial charge in [0.2, 0.25) is 0 Å². The zero-order valence-electron chi connectivity index (χ0n) is 18.9. The van der Waals surface area contributed by atoms with Gasteiger partial charge in [0.15, 0.2) is 5.78 Å². The number of hydrogen-bond donors (Lipinski definition) is 1. The van der Waals surface area contributed by atoms with Gasteiger partial charge in [0, 0.05) is 23.7 Å². The average Bonchev–Trinajstić information content (AvgIpc) is 3.32. The van der Waals surface area contributed by atoms with E-state index in [1.807, 2.05) is 11.0 Å². The molecular formula is C25H36ClN3O2. The summed E-state index contributed by atoms with van der Waals surface area (Å²) in [6, 6.07) is 7.11. The molecule has 0 radical (unpaired) electrons. The number of halogens is 1. The largest absolute Gasteiger partial charge is 0.387 e. The standard InChI is InChI=1S/C25H36ClN3O2/c1-3-5-13-25(14-6-4-2)22(30)21(23(27)28-25)11-10-18-12-15-29(17-18)24(31)19-8-7-9-20(26)16-19/h7-9,16,18,21H,3-6,10-15,17H2,1-2H3,(H2,27,28). The van der Waals surface area contributed by atoms with Gasteiger partial charge in [0.05, 0.1) is 5.92 Å². The molecule has 5 nitrogen and oxygen atoms in total. The van der Waals surface area contributed by atoms with Gasteiger partial charge in [0.25, 0.3) is 5.91 Å². The number of unbranched alkanes of at least 4 members (excludes halogenated alkanes) is 2. The van der Waals surface area contributed by atoms with E-state index < -0.39 is 5.54 Å². The Morgan fingerprint density at radius 1 is 1.23 bits per heavy atom. The molecule has 2 heterocycles. The third kappa shape index (κ3) is 5.49. The van der Waals surface area contributed by atoms with Crippen molar-refractivity contribution in [3.8, 4) is 0 Å². The number of carbonyl (C=O) groups excluding carboxylic acids is 2. The van der Waals surface area contributed by atoms with Crippen LogP contribution >= 0.6 is 11.6 Å². The van der Waals surface area contributed by atoms with Gasteiger partial charge in [-0.1, -0.05) is 57.2 Å². The van der Waals surface area contributed by atoms with Crippen molar-refractivity contribution in [1.29, 1.82) is 0 Å². The fraction of sp³-hybridized carbons (Fsp3) is 0.640. The van der Waals surface area contributed by atoms with E-state index >= 15 is 0 Å². The Hall–Kier alpha value is -1.88. The molecule has 31 heavy (non-hydrogen) atoms. The lowest BCUT2D eigenvalue weighted by atomic mass is 9.79. The summed E-state index contributed by atoms with van der Waals surface area (Å²) in [5.41, 5.74) is 6.33. The zero-order chi connectivity index (χ0) is 22.4. The highest BCUT2D eigenvalue weighted by Gasteiger charge is 2.47. The number of amides is 1. The van der Waals surface area contributed by atoms with Gasteiger partial charge >= 0.3 is 0 Å². The molecule has 1 amide bonds. The van der Waals surface area contributed by atoms with E-state index in [-0.39, 0.29) is 17.6 Å². The van der Waals surface area contributed by atoms with Gasteiger partial charge in [-0.15, -0.1) is 0 Å². The number of hydrogen-bond acceptors (Lipinski definition) is 4. The molecule has 1 saturated heterocycles. The van der Waals surface area contributed by atoms with Crippen LogP contribution in [0.3, 0.4) is 0 Å². The zero-order valence-corrected chi connectivity index (χ0v) is 19.7. The number of Topliss-reactive ketones (excluding diaryl/α,β-unsaturated/α-hetero) is 1. The molecule has 1 aromatic rings. The highest BCUT2D eigenvalue weighted by Crippen LogP contribution is 2.37. The fourth-order valence-corrected chi connectivity index (χ4v) is 5.19. The molecule has 3 rings (SSSR count). The second-order valence-corrected chi connectivity index (χ2v) is 9.62. The van der Waals surface area contributed by atoms with Crippen LogP contribution in [0.1, 0.15) is 82.0 Å². The molecule has 2 aliphatic heterocycles. The third-order valence-corrected chi connectivity index (χ3v) is 7.11. The molecule has 0 spiro atoms. The maximum absolute atomic E-state index is 13.4. The van der Waals surface area contributed by atoms with E-state index in [1.165, 1.54) is 0 Å². The van der Waals surface area contributed by atoms with Crippen molar-refractivity contribution in [3.63, 3.8) is 0 Å². The molecule has 6 heteroatoms. The van der Waals surface area contributed by atoms with E-state index in [0.29, 0.717) is 22.3 Å². The summed E-state index contributed by atoms with van der Waals surface area (Å²) >= 11 is 6.03. The van der Waals surface area contributed by atoms with Crippen molar-refractivity contribution in [2.45, 2.75) is 77.2 Å². The predicted octanol–water partition coefficient (Wildman–Crippen LogP) is 5.26. The summed E-state index contributed by atoms with van der Waals surface area (Å²) in [5, 5.41) is 0.575. The lowest BCUT2D eigenvalue weighted by Gasteiger charge is -2.25. The van der Waals surface area contributed by atoms with Crippen molar-refractivity contribution < 1.29 is 9.59 Å². The van der Waals surface area contributed by atoms with Crippen LogP contribution in [0.25, 0.3) is 0 Å². The topological polar surface area (TPSA) is 75.8 Å². The van der Waals surface area contributed by atoms with Crippen LogP contribution in [0, 0.1) is 11.8 Å². The second-order valence-electron chi connectivity index (χ2n) is 9.19. The fourth-order valence-electron chi connectivity index (χ4n) is 5.00. The lowest BCUT2D eigenvalue weighted by molar-refractivity contribution is -0.125. The number of nitrogens with two attached hydrogens (primary N) is 1. The Labute approximate surface area is 191 Å². The summed E-state index contributed by atoms with van der Waals surface area (Å²) in [6.45, 7) is 5.76. The molecule has 1 fully saturated rings. The SMILES string of the molecule is CCCCC1(CCCC)N=C(N)C(CCC2CCN(C(=O)c3cccc(Cl)c3)C2)C1=O. The van der Waals surface area contributed by atoms with Gasteiger partial charge in [-0.2, -0.15) is 0 Å². The number of amidine groups is 1. The minimum Gasteiger partial charge on any atom is -0.387 e. The first kappa shape index (κ1) is 23.8. The summed E-state index contributed by atoms with van der Waals surface area (Å²) in [4.78, 5) is 32.8. The number of likely N-dealkylation sites (tertiary alicyclic amines) is 1. The molecule has 1 aromatic carbocycles. The van der Waals surface area contributed by atoms with E-state index in [9.17, 15) is 9.59 Å². The first-order valence-electron chi connectivity index (χ1n) is 11.8. The van der Waals surface area contributed by atoms with Crippen LogP contribution in [0.2, 0.25) is 5.02 Å². The smallest absolute Gasteiger partial charge is 0.253 e. The second kappa shape index (κ2) is 10.6. The first-order chi connectivity index (χ1) is 14.9. The number of rotatable bonds is 10. The van der Waals surface area contributed by atoms with Gasteiger partial charge in [-0.3, -0.25) is 14.6 Å². The quantitative estimate of drug-likeness (QED) is 0.533. The van der Waals surface area contributed by atoms with Gasteiger partial charge in [-0.25, -0.2) is 0 Å². The van der Waals surface area contributed by atoms with E-state index in [2.05, 4.69) is 13.8 Å². The normalized spacial score (nSPS) is 22.7. The van der Waals surface area contributed by atoms with Crippen LogP contribution in [0.4, 0.5) is 0 Å². The predicted molar refractivity (Wildman–Crippen MR) is 127 cm³/mol. The van der Waals surface area contributed by atoms with Gasteiger partial charge in [0.1, 0.15) is 11.4 Å². The van der Waals surface area contributed by atoms with Gasteiger partial charge in [-0.05, 0) is 56.2 Å². The van der Waals surface area contributed by atoms with E-state index in [0.717, 1.165) is 70.9 Å². The summed E-state index contributed by atoms with van der Waals surface area (Å²) in [5.74, 6) is 0.927. The first-order valence-corrected chi connectivity index (χ1v) is 12.2. The maximum Gasteiger partial charge on any atom is 0.253 e. The third-order valence-electron chi connectivity index (χ3n) is 6.87. The highest BCUT2D eigenvalue weighted by molar-refractivity contribution is 6.31. The van der Waals surface area contributed by atoms with Crippen LogP contribution in [0.5, 0.6) is 0 Å².